The maximum Gasteiger partial charge on any atom is 0.127 e. The zero-order valence-electron chi connectivity index (χ0n) is 11.5. The summed E-state index contributed by atoms with van der Waals surface area (Å²) in [7, 11) is 0. The number of benzene rings is 2. The largest absolute Gasteiger partial charge is 0.493 e. The molecule has 1 aromatic heterocycles. The molecule has 1 aliphatic heterocycles. The molecule has 2 aromatic carbocycles. The van der Waals surface area contributed by atoms with Crippen molar-refractivity contribution in [3.05, 3.63) is 58.7 Å². The highest BCUT2D eigenvalue weighted by atomic mass is 35.5. The number of rotatable bonds is 2. The monoisotopic (exact) mass is 298 g/mol. The summed E-state index contributed by atoms with van der Waals surface area (Å²) in [5, 5.41) is 1.95. The van der Waals surface area contributed by atoms with Crippen molar-refractivity contribution < 1.29 is 4.74 Å². The molecule has 0 aliphatic carbocycles. The molecule has 1 aliphatic rings. The van der Waals surface area contributed by atoms with E-state index in [0.717, 1.165) is 47.1 Å². The molecule has 0 atom stereocenters. The molecule has 4 heteroatoms. The molecule has 0 saturated carbocycles. The van der Waals surface area contributed by atoms with Crippen LogP contribution in [0.15, 0.2) is 42.6 Å². The van der Waals surface area contributed by atoms with Crippen LogP contribution in [0.25, 0.3) is 10.9 Å². The molecular weight excluding hydrogens is 284 g/mol. The summed E-state index contributed by atoms with van der Waals surface area (Å²) in [4.78, 5) is 0. The van der Waals surface area contributed by atoms with Crippen molar-refractivity contribution >= 4 is 28.2 Å². The SMILES string of the molecule is Nc1ccc2ccn(Cc3cc(Cl)cc4c3OCC4)c2c1. The molecule has 4 rings (SSSR count). The predicted octanol–water partition coefficient (Wildman–Crippen LogP) is 3.86. The van der Waals surface area contributed by atoms with Gasteiger partial charge in [0.25, 0.3) is 0 Å². The van der Waals surface area contributed by atoms with Crippen LogP contribution in [0.3, 0.4) is 0 Å². The quantitative estimate of drug-likeness (QED) is 0.730. The first-order valence-corrected chi connectivity index (χ1v) is 7.37. The lowest BCUT2D eigenvalue weighted by atomic mass is 10.1. The van der Waals surface area contributed by atoms with Crippen LogP contribution in [0, 0.1) is 0 Å². The Hall–Kier alpha value is -2.13. The number of halogens is 1. The van der Waals surface area contributed by atoms with Gasteiger partial charge < -0.3 is 15.0 Å². The van der Waals surface area contributed by atoms with E-state index >= 15 is 0 Å². The average Bonchev–Trinajstić information content (AvgIpc) is 3.06. The van der Waals surface area contributed by atoms with Gasteiger partial charge in [0.2, 0.25) is 0 Å². The molecule has 3 nitrogen and oxygen atoms in total. The van der Waals surface area contributed by atoms with E-state index in [1.165, 1.54) is 10.9 Å². The van der Waals surface area contributed by atoms with Crippen molar-refractivity contribution in [2.45, 2.75) is 13.0 Å². The first-order chi connectivity index (χ1) is 10.2. The highest BCUT2D eigenvalue weighted by molar-refractivity contribution is 6.30. The molecular formula is C17H15ClN2O. The van der Waals surface area contributed by atoms with Crippen LogP contribution in [0.4, 0.5) is 5.69 Å². The lowest BCUT2D eigenvalue weighted by molar-refractivity contribution is 0.353. The predicted molar refractivity (Wildman–Crippen MR) is 86.1 cm³/mol. The Bertz CT molecular complexity index is 838. The topological polar surface area (TPSA) is 40.2 Å². The average molecular weight is 299 g/mol. The Balaban J connectivity index is 1.80. The first-order valence-electron chi connectivity index (χ1n) is 6.99. The number of hydrogen-bond donors (Lipinski definition) is 1. The van der Waals surface area contributed by atoms with Crippen molar-refractivity contribution in [2.75, 3.05) is 12.3 Å². The smallest absolute Gasteiger partial charge is 0.127 e. The number of nitrogen functional groups attached to an aromatic ring is 1. The van der Waals surface area contributed by atoms with E-state index in [1.807, 2.05) is 30.3 Å². The number of nitrogens with zero attached hydrogens (tertiary/aromatic N) is 1. The summed E-state index contributed by atoms with van der Waals surface area (Å²) in [5.41, 5.74) is 10.1. The number of fused-ring (bicyclic) bond motifs is 2. The van der Waals surface area contributed by atoms with E-state index in [0.29, 0.717) is 0 Å². The minimum absolute atomic E-state index is 0.732. The number of aromatic nitrogens is 1. The van der Waals surface area contributed by atoms with Gasteiger partial charge in [-0.05, 0) is 41.3 Å². The third kappa shape index (κ3) is 2.14. The normalized spacial score (nSPS) is 13.4. The van der Waals surface area contributed by atoms with E-state index in [1.54, 1.807) is 0 Å². The molecule has 3 aromatic rings. The molecule has 2 N–H and O–H groups in total. The highest BCUT2D eigenvalue weighted by Gasteiger charge is 2.18. The summed E-state index contributed by atoms with van der Waals surface area (Å²) in [6.07, 6.45) is 3.01. The minimum Gasteiger partial charge on any atom is -0.493 e. The lowest BCUT2D eigenvalue weighted by Gasteiger charge is -2.11. The van der Waals surface area contributed by atoms with Crippen LogP contribution in [0.1, 0.15) is 11.1 Å². The van der Waals surface area contributed by atoms with Crippen LogP contribution in [-0.2, 0) is 13.0 Å². The van der Waals surface area contributed by atoms with E-state index in [-0.39, 0.29) is 0 Å². The van der Waals surface area contributed by atoms with Gasteiger partial charge in [0.15, 0.2) is 0 Å². The fourth-order valence-corrected chi connectivity index (χ4v) is 3.25. The summed E-state index contributed by atoms with van der Waals surface area (Å²) in [6, 6.07) is 12.1. The number of hydrogen-bond acceptors (Lipinski definition) is 2. The molecule has 2 heterocycles. The maximum absolute atomic E-state index is 6.23. The summed E-state index contributed by atoms with van der Waals surface area (Å²) in [5.74, 6) is 0.991. The van der Waals surface area contributed by atoms with E-state index < -0.39 is 0 Å². The molecule has 0 spiro atoms. The zero-order chi connectivity index (χ0) is 14.4. The van der Waals surface area contributed by atoms with Crippen LogP contribution < -0.4 is 10.5 Å². The van der Waals surface area contributed by atoms with Crippen LogP contribution in [-0.4, -0.2) is 11.2 Å². The van der Waals surface area contributed by atoms with Crippen molar-refractivity contribution in [1.82, 2.24) is 4.57 Å². The fraction of sp³-hybridized carbons (Fsp3) is 0.176. The van der Waals surface area contributed by atoms with Gasteiger partial charge >= 0.3 is 0 Å². The third-order valence-corrected chi connectivity index (χ3v) is 4.18. The van der Waals surface area contributed by atoms with Crippen molar-refractivity contribution in [1.29, 1.82) is 0 Å². The van der Waals surface area contributed by atoms with Gasteiger partial charge in [0, 0.05) is 28.9 Å². The van der Waals surface area contributed by atoms with E-state index in [9.17, 15) is 0 Å². The second kappa shape index (κ2) is 4.71. The Kier molecular flexibility index (Phi) is 2.82. The Morgan fingerprint density at radius 3 is 3.00 bits per heavy atom. The first kappa shape index (κ1) is 12.6. The fourth-order valence-electron chi connectivity index (χ4n) is 2.99. The van der Waals surface area contributed by atoms with Crippen LogP contribution in [0.2, 0.25) is 5.02 Å². The van der Waals surface area contributed by atoms with Crippen molar-refractivity contribution in [3.63, 3.8) is 0 Å². The van der Waals surface area contributed by atoms with Gasteiger partial charge in [-0.3, -0.25) is 0 Å². The van der Waals surface area contributed by atoms with Gasteiger partial charge in [0.1, 0.15) is 5.75 Å². The van der Waals surface area contributed by atoms with Crippen LogP contribution in [0.5, 0.6) is 5.75 Å². The van der Waals surface area contributed by atoms with Gasteiger partial charge in [-0.2, -0.15) is 0 Å². The number of ether oxygens (including phenoxy) is 1. The Labute approximate surface area is 127 Å². The molecule has 0 bridgehead atoms. The minimum atomic E-state index is 0.732. The molecule has 106 valence electrons. The van der Waals surface area contributed by atoms with Gasteiger partial charge in [-0.25, -0.2) is 0 Å². The lowest BCUT2D eigenvalue weighted by Crippen LogP contribution is -2.01. The van der Waals surface area contributed by atoms with E-state index in [2.05, 4.69) is 16.8 Å². The summed E-state index contributed by atoms with van der Waals surface area (Å²) >= 11 is 6.23. The van der Waals surface area contributed by atoms with E-state index in [4.69, 9.17) is 22.1 Å². The number of anilines is 1. The molecule has 0 fully saturated rings. The number of nitrogens with two attached hydrogens (primary N) is 1. The zero-order valence-corrected chi connectivity index (χ0v) is 12.2. The Morgan fingerprint density at radius 2 is 2.10 bits per heavy atom. The summed E-state index contributed by atoms with van der Waals surface area (Å²) < 4.78 is 7.95. The molecule has 0 unspecified atom stereocenters. The van der Waals surface area contributed by atoms with Gasteiger partial charge in [-0.1, -0.05) is 17.7 Å². The van der Waals surface area contributed by atoms with Crippen LogP contribution >= 0.6 is 11.6 Å². The Morgan fingerprint density at radius 1 is 1.19 bits per heavy atom. The molecule has 0 amide bonds. The molecule has 0 saturated heterocycles. The second-order valence-corrected chi connectivity index (χ2v) is 5.85. The summed E-state index contributed by atoms with van der Waals surface area (Å²) in [6.45, 7) is 1.47. The second-order valence-electron chi connectivity index (χ2n) is 5.41. The van der Waals surface area contributed by atoms with Crippen molar-refractivity contribution in [3.8, 4) is 5.75 Å². The molecule has 0 radical (unpaired) electrons. The third-order valence-electron chi connectivity index (χ3n) is 3.96. The van der Waals surface area contributed by atoms with Gasteiger partial charge in [-0.15, -0.1) is 0 Å². The highest BCUT2D eigenvalue weighted by Crippen LogP contribution is 2.34. The van der Waals surface area contributed by atoms with Gasteiger partial charge in [0.05, 0.1) is 18.7 Å². The maximum atomic E-state index is 6.23. The van der Waals surface area contributed by atoms with Crippen molar-refractivity contribution in [2.24, 2.45) is 0 Å². The molecule has 21 heavy (non-hydrogen) atoms. The standard InChI is InChI=1S/C17H15ClN2O/c18-14-7-12-4-6-21-17(12)13(8-14)10-20-5-3-11-1-2-15(19)9-16(11)20/h1-3,5,7-9H,4,6,10,19H2.